The molecule has 0 radical (unpaired) electrons. The number of allylic oxidation sites excluding steroid dienone is 1. The van der Waals surface area contributed by atoms with E-state index < -0.39 is 97.6 Å². The topological polar surface area (TPSA) is 185 Å². The van der Waals surface area contributed by atoms with Crippen LogP contribution in [0.2, 0.25) is 0 Å². The van der Waals surface area contributed by atoms with E-state index in [2.05, 4.69) is 0 Å². The number of phenolic OH excluding ortho intramolecular Hbond substituents is 1. The van der Waals surface area contributed by atoms with E-state index in [9.17, 15) is 53.3 Å². The van der Waals surface area contributed by atoms with Crippen molar-refractivity contribution in [1.82, 2.24) is 4.90 Å². The van der Waals surface area contributed by atoms with Crippen LogP contribution in [0, 0.1) is 22.7 Å². The zero-order valence-electron chi connectivity index (χ0n) is 20.4. The fraction of sp³-hybridized carbons (Fsp3) is 0.417. The molecule has 3 aliphatic rings. The maximum absolute atomic E-state index is 14.5. The molecule has 14 heteroatoms. The number of rotatable bonds is 4. The SMILES string of the molecule is CN(C)[C@@H]1C(O)=C(C(N)=O)C(C)(O)C2C(O)=C3C(=O)c4c(O)c([N+](=O)O)cc(C(F)=C(F)F)c4CC3CC21. The van der Waals surface area contributed by atoms with Crippen LogP contribution in [0.25, 0.3) is 5.83 Å². The number of nitrogens with zero attached hydrogens (tertiary/aromatic N) is 2. The predicted molar refractivity (Wildman–Crippen MR) is 123 cm³/mol. The fourth-order valence-corrected chi connectivity index (χ4v) is 6.39. The van der Waals surface area contributed by atoms with Gasteiger partial charge in [-0.2, -0.15) is 8.78 Å². The summed E-state index contributed by atoms with van der Waals surface area (Å²) in [5, 5.41) is 53.6. The van der Waals surface area contributed by atoms with Gasteiger partial charge < -0.3 is 26.2 Å². The van der Waals surface area contributed by atoms with Crippen LogP contribution >= 0.6 is 0 Å². The van der Waals surface area contributed by atoms with Crippen molar-refractivity contribution in [3.05, 3.63) is 56.4 Å². The van der Waals surface area contributed by atoms with Crippen molar-refractivity contribution in [3.63, 3.8) is 0 Å². The van der Waals surface area contributed by atoms with E-state index >= 15 is 0 Å². The number of hydrogen-bond acceptors (Lipinski definition) is 8. The number of halogens is 3. The molecular formula is C24H25F3N3O8+. The number of ketones is 1. The number of aliphatic hydroxyl groups excluding tert-OH is 2. The molecule has 0 aliphatic heterocycles. The number of carbonyl (C=O) groups excluding carboxylic acids is 2. The van der Waals surface area contributed by atoms with Crippen LogP contribution < -0.4 is 5.73 Å². The molecule has 5 atom stereocenters. The normalized spacial score (nSPS) is 28.6. The van der Waals surface area contributed by atoms with Gasteiger partial charge in [-0.1, -0.05) is 0 Å². The van der Waals surface area contributed by atoms with Gasteiger partial charge >= 0.3 is 11.8 Å². The summed E-state index contributed by atoms with van der Waals surface area (Å²) >= 11 is 0. The fourth-order valence-electron chi connectivity index (χ4n) is 6.39. The molecule has 0 heterocycles. The maximum atomic E-state index is 14.5. The molecule has 0 saturated heterocycles. The summed E-state index contributed by atoms with van der Waals surface area (Å²) in [5.41, 5.74) is -0.928. The van der Waals surface area contributed by atoms with E-state index in [0.717, 1.165) is 6.92 Å². The lowest BCUT2D eigenvalue weighted by molar-refractivity contribution is -0.730. The third-order valence-electron chi connectivity index (χ3n) is 7.74. The third kappa shape index (κ3) is 3.66. The first kappa shape index (κ1) is 27.1. The molecule has 0 fully saturated rings. The second-order valence-electron chi connectivity index (χ2n) is 10.1. The molecule has 0 saturated carbocycles. The van der Waals surface area contributed by atoms with Crippen LogP contribution in [-0.2, 0) is 11.2 Å². The highest BCUT2D eigenvalue weighted by molar-refractivity contribution is 6.14. The average molecular weight is 540 g/mol. The van der Waals surface area contributed by atoms with Crippen molar-refractivity contribution < 1.29 is 53.3 Å². The first-order chi connectivity index (χ1) is 17.5. The summed E-state index contributed by atoms with van der Waals surface area (Å²) in [6.07, 6.45) is -3.19. The summed E-state index contributed by atoms with van der Waals surface area (Å²) in [5.74, 6) is -9.93. The van der Waals surface area contributed by atoms with Crippen LogP contribution in [0.4, 0.5) is 18.9 Å². The molecule has 4 unspecified atom stereocenters. The molecule has 0 spiro atoms. The maximum Gasteiger partial charge on any atom is 0.359 e. The Hall–Kier alpha value is -3.91. The number of aliphatic hydroxyl groups is 3. The number of phenols is 1. The summed E-state index contributed by atoms with van der Waals surface area (Å²) in [6, 6.07) is -0.494. The van der Waals surface area contributed by atoms with E-state index in [1.54, 1.807) is 14.1 Å². The third-order valence-corrected chi connectivity index (χ3v) is 7.74. The highest BCUT2D eigenvalue weighted by atomic mass is 19.3. The van der Waals surface area contributed by atoms with Crippen LogP contribution in [0.1, 0.15) is 34.8 Å². The average Bonchev–Trinajstić information content (AvgIpc) is 2.76. The largest absolute Gasteiger partial charge is 0.511 e. The van der Waals surface area contributed by atoms with Crippen molar-refractivity contribution in [2.24, 2.45) is 23.5 Å². The predicted octanol–water partition coefficient (Wildman–Crippen LogP) is 2.52. The lowest BCUT2D eigenvalue weighted by Gasteiger charge is -2.52. The smallest absolute Gasteiger partial charge is 0.359 e. The quantitative estimate of drug-likeness (QED) is 0.312. The summed E-state index contributed by atoms with van der Waals surface area (Å²) in [7, 11) is 3.11. The van der Waals surface area contributed by atoms with Gasteiger partial charge in [-0.3, -0.25) is 14.5 Å². The first-order valence-corrected chi connectivity index (χ1v) is 11.4. The van der Waals surface area contributed by atoms with Gasteiger partial charge in [0.2, 0.25) is 5.75 Å². The molecule has 3 aliphatic carbocycles. The molecule has 0 aromatic heterocycles. The summed E-state index contributed by atoms with van der Waals surface area (Å²) < 4.78 is 41.0. The number of carbonyl (C=O) groups is 2. The van der Waals surface area contributed by atoms with E-state index in [-0.39, 0.29) is 24.0 Å². The Morgan fingerprint density at radius 2 is 1.79 bits per heavy atom. The van der Waals surface area contributed by atoms with Gasteiger partial charge in [0.15, 0.2) is 11.6 Å². The Labute approximate surface area is 213 Å². The van der Waals surface area contributed by atoms with Gasteiger partial charge in [-0.05, 0) is 51.3 Å². The summed E-state index contributed by atoms with van der Waals surface area (Å²) in [4.78, 5) is 38.0. The number of benzene rings is 1. The van der Waals surface area contributed by atoms with Crippen molar-refractivity contribution in [2.45, 2.75) is 31.4 Å². The molecule has 204 valence electrons. The Bertz CT molecular complexity index is 1390. The lowest BCUT2D eigenvalue weighted by atomic mass is 9.57. The zero-order chi connectivity index (χ0) is 28.6. The molecule has 1 aromatic rings. The number of likely N-dealkylation sites (N-methyl/N-ethyl adjacent to an activating group) is 1. The van der Waals surface area contributed by atoms with Crippen LogP contribution in [0.5, 0.6) is 5.75 Å². The van der Waals surface area contributed by atoms with Crippen LogP contribution in [-0.4, -0.2) is 72.9 Å². The van der Waals surface area contributed by atoms with Crippen molar-refractivity contribution in [1.29, 1.82) is 0 Å². The number of hydrogen-bond donors (Lipinski definition) is 6. The molecule has 1 aromatic carbocycles. The minimum atomic E-state index is -2.77. The van der Waals surface area contributed by atoms with Crippen LogP contribution in [0.15, 0.2) is 34.8 Å². The number of amides is 1. The van der Waals surface area contributed by atoms with E-state index in [0.29, 0.717) is 6.07 Å². The Morgan fingerprint density at radius 3 is 2.29 bits per heavy atom. The number of primary amides is 1. The highest BCUT2D eigenvalue weighted by Crippen LogP contribution is 2.55. The Balaban J connectivity index is 2.02. The lowest BCUT2D eigenvalue weighted by Crippen LogP contribution is -2.59. The van der Waals surface area contributed by atoms with Crippen molar-refractivity contribution in [2.75, 3.05) is 14.1 Å². The minimum absolute atomic E-state index is 0.0522. The van der Waals surface area contributed by atoms with Crippen molar-refractivity contribution >= 4 is 23.2 Å². The second kappa shape index (κ2) is 8.84. The molecule has 38 heavy (non-hydrogen) atoms. The molecule has 1 amide bonds. The van der Waals surface area contributed by atoms with E-state index in [1.807, 2.05) is 0 Å². The van der Waals surface area contributed by atoms with E-state index in [4.69, 9.17) is 5.73 Å². The number of aromatic hydroxyl groups is 1. The van der Waals surface area contributed by atoms with Gasteiger partial charge in [-0.25, -0.2) is 9.60 Å². The van der Waals surface area contributed by atoms with Gasteiger partial charge in [0.05, 0.1) is 28.0 Å². The monoisotopic (exact) mass is 540 g/mol. The molecule has 4 rings (SSSR count). The zero-order valence-corrected chi connectivity index (χ0v) is 20.4. The second-order valence-corrected chi connectivity index (χ2v) is 10.1. The molecule has 7 N–H and O–H groups in total. The Morgan fingerprint density at radius 1 is 1.18 bits per heavy atom. The van der Waals surface area contributed by atoms with Gasteiger partial charge in [-0.15, -0.1) is 0 Å². The standard InChI is InChI=1S/C24H24F3N3O8/c1-24(36)14-10(17(29(2)3)21(34)15(24)23(28)35)5-7-4-8-9(16(25)22(26)27)6-11(30(37)38)18(31)13(8)19(32)12(7)20(14)33/h6-7,10,14,17,36H,4-5H2,1-3H3,(H5-,28,31,32,33,34,35,37,38)/p+1/t7?,10?,14?,17-,24?/m0/s1. The van der Waals surface area contributed by atoms with Gasteiger partial charge in [0, 0.05) is 17.2 Å². The first-order valence-electron chi connectivity index (χ1n) is 11.4. The highest BCUT2D eigenvalue weighted by Gasteiger charge is 2.59. The molecular weight excluding hydrogens is 515 g/mol. The number of nitrogens with two attached hydrogens (primary N) is 1. The molecule has 11 nitrogen and oxygen atoms in total. The number of Topliss-reactive ketones (excluding diaryl/α,β-unsaturated/α-hetero) is 1. The molecule has 0 bridgehead atoms. The minimum Gasteiger partial charge on any atom is -0.511 e. The summed E-state index contributed by atoms with van der Waals surface area (Å²) in [6.45, 7) is 1.13. The van der Waals surface area contributed by atoms with Crippen molar-refractivity contribution in [3.8, 4) is 5.75 Å². The van der Waals surface area contributed by atoms with Gasteiger partial charge in [0.1, 0.15) is 17.1 Å². The van der Waals surface area contributed by atoms with Crippen LogP contribution in [0.3, 0.4) is 0 Å². The van der Waals surface area contributed by atoms with Gasteiger partial charge in [0.25, 0.3) is 10.8 Å². The number of fused-ring (bicyclic) bond motifs is 3. The van der Waals surface area contributed by atoms with E-state index in [1.165, 1.54) is 4.90 Å². The Kier molecular flexibility index (Phi) is 6.31.